The third-order valence-electron chi connectivity index (χ3n) is 5.50. The third kappa shape index (κ3) is 4.57. The molecule has 2 aliphatic rings. The number of carbonyl (C=O) groups is 1. The number of carbonyl (C=O) groups excluding carboxylic acids is 1. The second-order valence-electron chi connectivity index (χ2n) is 6.99. The first kappa shape index (κ1) is 22.0. The quantitative estimate of drug-likeness (QED) is 0.803. The first-order chi connectivity index (χ1) is 12.2. The van der Waals surface area contributed by atoms with Crippen molar-refractivity contribution in [1.82, 2.24) is 15.2 Å². The standard InChI is InChI=1S/C19H23N3O2S.2ClH/c1-24-15-4-2-14(3-5-15)17-21-16(12-25-17)18(23)22-10-7-19(8-11-22)6-9-20-13-19;;/h2-5,12,20H,6-11,13H2,1H3;2*1H. The molecule has 2 fully saturated rings. The van der Waals surface area contributed by atoms with E-state index in [1.54, 1.807) is 7.11 Å². The molecule has 0 saturated carbocycles. The van der Waals surface area contributed by atoms with E-state index in [-0.39, 0.29) is 30.7 Å². The molecule has 3 heterocycles. The Morgan fingerprint density at radius 1 is 1.19 bits per heavy atom. The van der Waals surface area contributed by atoms with Crippen LogP contribution in [0, 0.1) is 5.41 Å². The van der Waals surface area contributed by atoms with E-state index in [4.69, 9.17) is 4.74 Å². The molecular formula is C19H25Cl2N3O2S. The van der Waals surface area contributed by atoms with Crippen LogP contribution in [0.1, 0.15) is 29.8 Å². The molecule has 1 spiro atoms. The van der Waals surface area contributed by atoms with Gasteiger partial charge in [0.1, 0.15) is 16.5 Å². The Hall–Kier alpha value is -1.34. The third-order valence-corrected chi connectivity index (χ3v) is 6.40. The van der Waals surface area contributed by atoms with Crippen molar-refractivity contribution in [2.24, 2.45) is 5.41 Å². The van der Waals surface area contributed by atoms with Crippen molar-refractivity contribution in [3.8, 4) is 16.3 Å². The zero-order valence-electron chi connectivity index (χ0n) is 15.3. The number of nitrogens with zero attached hydrogens (tertiary/aromatic N) is 2. The van der Waals surface area contributed by atoms with Gasteiger partial charge >= 0.3 is 0 Å². The number of thiazole rings is 1. The Bertz CT molecular complexity index is 751. The number of benzene rings is 1. The normalized spacial score (nSPS) is 17.9. The maximum atomic E-state index is 12.8. The second-order valence-corrected chi connectivity index (χ2v) is 7.84. The minimum absolute atomic E-state index is 0. The topological polar surface area (TPSA) is 54.5 Å². The number of ether oxygens (including phenoxy) is 1. The fraction of sp³-hybridized carbons (Fsp3) is 0.474. The molecule has 1 aromatic heterocycles. The fourth-order valence-corrected chi connectivity index (χ4v) is 4.61. The molecule has 5 nitrogen and oxygen atoms in total. The maximum absolute atomic E-state index is 12.8. The molecule has 0 aliphatic carbocycles. The highest BCUT2D eigenvalue weighted by Gasteiger charge is 2.38. The zero-order chi connectivity index (χ0) is 17.3. The summed E-state index contributed by atoms with van der Waals surface area (Å²) in [5, 5.41) is 6.22. The lowest BCUT2D eigenvalue weighted by molar-refractivity contribution is 0.0603. The largest absolute Gasteiger partial charge is 0.497 e. The monoisotopic (exact) mass is 429 g/mol. The first-order valence-corrected chi connectivity index (χ1v) is 9.67. The first-order valence-electron chi connectivity index (χ1n) is 8.79. The van der Waals surface area contributed by atoms with Gasteiger partial charge in [-0.05, 0) is 55.5 Å². The van der Waals surface area contributed by atoms with E-state index in [9.17, 15) is 4.79 Å². The summed E-state index contributed by atoms with van der Waals surface area (Å²) >= 11 is 1.52. The van der Waals surface area contributed by atoms with Gasteiger partial charge < -0.3 is 15.0 Å². The van der Waals surface area contributed by atoms with Crippen LogP contribution in [0.4, 0.5) is 0 Å². The highest BCUT2D eigenvalue weighted by atomic mass is 35.5. The smallest absolute Gasteiger partial charge is 0.273 e. The van der Waals surface area contributed by atoms with Crippen molar-refractivity contribution in [2.45, 2.75) is 19.3 Å². The van der Waals surface area contributed by atoms with Crippen LogP contribution in [0.3, 0.4) is 0 Å². The summed E-state index contributed by atoms with van der Waals surface area (Å²) in [7, 11) is 1.65. The number of nitrogens with one attached hydrogen (secondary N) is 1. The van der Waals surface area contributed by atoms with Crippen LogP contribution < -0.4 is 10.1 Å². The molecule has 0 radical (unpaired) electrons. The second kappa shape index (κ2) is 9.24. The number of hydrogen-bond donors (Lipinski definition) is 1. The Morgan fingerprint density at radius 3 is 2.48 bits per heavy atom. The van der Waals surface area contributed by atoms with E-state index in [1.807, 2.05) is 34.5 Å². The maximum Gasteiger partial charge on any atom is 0.273 e. The number of likely N-dealkylation sites (tertiary alicyclic amines) is 1. The van der Waals surface area contributed by atoms with Crippen LogP contribution in [0.25, 0.3) is 10.6 Å². The van der Waals surface area contributed by atoms with Gasteiger partial charge in [-0.2, -0.15) is 0 Å². The minimum atomic E-state index is 0. The van der Waals surface area contributed by atoms with E-state index < -0.39 is 0 Å². The SMILES string of the molecule is COc1ccc(-c2nc(C(=O)N3CCC4(CCNC4)CC3)cs2)cc1.Cl.Cl. The van der Waals surface area contributed by atoms with E-state index in [0.29, 0.717) is 11.1 Å². The number of hydrogen-bond acceptors (Lipinski definition) is 5. The summed E-state index contributed by atoms with van der Waals surface area (Å²) in [5.41, 5.74) is 2.00. The van der Waals surface area contributed by atoms with Crippen LogP contribution in [-0.2, 0) is 0 Å². The summed E-state index contributed by atoms with van der Waals surface area (Å²) < 4.78 is 5.19. The molecule has 0 unspecified atom stereocenters. The number of halogens is 2. The molecule has 2 saturated heterocycles. The molecule has 1 amide bonds. The summed E-state index contributed by atoms with van der Waals surface area (Å²) in [6.45, 7) is 3.91. The Balaban J connectivity index is 0.00000131. The van der Waals surface area contributed by atoms with E-state index in [1.165, 1.54) is 17.8 Å². The van der Waals surface area contributed by atoms with Crippen molar-refractivity contribution < 1.29 is 9.53 Å². The molecule has 2 aromatic rings. The fourth-order valence-electron chi connectivity index (χ4n) is 3.81. The molecule has 0 atom stereocenters. The van der Waals surface area contributed by atoms with Crippen molar-refractivity contribution in [1.29, 1.82) is 0 Å². The van der Waals surface area contributed by atoms with Crippen LogP contribution >= 0.6 is 36.2 Å². The summed E-state index contributed by atoms with van der Waals surface area (Å²) in [6.07, 6.45) is 3.44. The average Bonchev–Trinajstić information content (AvgIpc) is 3.32. The number of piperidine rings is 1. The molecule has 0 bridgehead atoms. The van der Waals surface area contributed by atoms with Crippen molar-refractivity contribution in [2.75, 3.05) is 33.3 Å². The lowest BCUT2D eigenvalue weighted by Crippen LogP contribution is -2.44. The van der Waals surface area contributed by atoms with Gasteiger partial charge in [-0.25, -0.2) is 4.98 Å². The average molecular weight is 430 g/mol. The van der Waals surface area contributed by atoms with Crippen LogP contribution in [0.5, 0.6) is 5.75 Å². The highest BCUT2D eigenvalue weighted by molar-refractivity contribution is 7.13. The molecule has 1 N–H and O–H groups in total. The molecular weight excluding hydrogens is 405 g/mol. The van der Waals surface area contributed by atoms with Gasteiger partial charge in [0.15, 0.2) is 0 Å². The van der Waals surface area contributed by atoms with Crippen molar-refractivity contribution >= 4 is 42.1 Å². The van der Waals surface area contributed by atoms with Gasteiger partial charge in [-0.15, -0.1) is 36.2 Å². The predicted octanol–water partition coefficient (Wildman–Crippen LogP) is 3.88. The molecule has 8 heteroatoms. The van der Waals surface area contributed by atoms with Gasteiger partial charge in [0.2, 0.25) is 0 Å². The van der Waals surface area contributed by atoms with Gasteiger partial charge in [-0.3, -0.25) is 4.79 Å². The Morgan fingerprint density at radius 2 is 1.89 bits per heavy atom. The van der Waals surface area contributed by atoms with Crippen LogP contribution in [0.2, 0.25) is 0 Å². The van der Waals surface area contributed by atoms with Gasteiger partial charge in [0.25, 0.3) is 5.91 Å². The van der Waals surface area contributed by atoms with E-state index >= 15 is 0 Å². The van der Waals surface area contributed by atoms with Crippen LogP contribution in [0.15, 0.2) is 29.6 Å². The van der Waals surface area contributed by atoms with Crippen LogP contribution in [-0.4, -0.2) is 49.1 Å². The van der Waals surface area contributed by atoms with Crippen molar-refractivity contribution in [3.63, 3.8) is 0 Å². The van der Waals surface area contributed by atoms with Gasteiger partial charge in [-0.1, -0.05) is 0 Å². The lowest BCUT2D eigenvalue weighted by atomic mass is 9.78. The lowest BCUT2D eigenvalue weighted by Gasteiger charge is -2.38. The number of rotatable bonds is 3. The molecule has 1 aromatic carbocycles. The van der Waals surface area contributed by atoms with E-state index in [0.717, 1.165) is 55.3 Å². The highest BCUT2D eigenvalue weighted by Crippen LogP contribution is 2.37. The number of amides is 1. The number of aromatic nitrogens is 1. The molecule has 2 aliphatic heterocycles. The summed E-state index contributed by atoms with van der Waals surface area (Å²) in [6, 6.07) is 7.78. The van der Waals surface area contributed by atoms with Gasteiger partial charge in [0.05, 0.1) is 7.11 Å². The summed E-state index contributed by atoms with van der Waals surface area (Å²) in [5.74, 6) is 0.886. The number of methoxy groups -OCH3 is 1. The van der Waals surface area contributed by atoms with Crippen molar-refractivity contribution in [3.05, 3.63) is 35.3 Å². The van der Waals surface area contributed by atoms with E-state index in [2.05, 4.69) is 10.3 Å². The van der Waals surface area contributed by atoms with Gasteiger partial charge in [0, 0.05) is 30.6 Å². The zero-order valence-corrected chi connectivity index (χ0v) is 17.7. The Kier molecular flexibility index (Phi) is 7.51. The minimum Gasteiger partial charge on any atom is -0.497 e. The molecule has 4 rings (SSSR count). The Labute approximate surface area is 176 Å². The molecule has 27 heavy (non-hydrogen) atoms. The predicted molar refractivity (Wildman–Crippen MR) is 114 cm³/mol. The summed E-state index contributed by atoms with van der Waals surface area (Å²) in [4.78, 5) is 19.3. The molecule has 148 valence electrons.